The molecule has 1 saturated heterocycles. The molecule has 2 aliphatic rings. The first kappa shape index (κ1) is 31.6. The number of amides is 2. The molecule has 2 atom stereocenters. The van der Waals surface area contributed by atoms with Gasteiger partial charge in [0, 0.05) is 49.4 Å². The van der Waals surface area contributed by atoms with E-state index in [9.17, 15) is 35.9 Å². The van der Waals surface area contributed by atoms with Crippen LogP contribution >= 0.6 is 11.3 Å². The summed E-state index contributed by atoms with van der Waals surface area (Å²) in [6.45, 7) is 2.21. The van der Waals surface area contributed by atoms with Crippen molar-refractivity contribution >= 4 is 28.8 Å². The molecule has 4 heterocycles. The number of hydrogen-bond donors (Lipinski definition) is 1. The number of carbonyl (C=O) groups excluding carboxylic acids is 2. The maximum atomic E-state index is 14.6. The van der Waals surface area contributed by atoms with Gasteiger partial charge in [-0.2, -0.15) is 26.3 Å². The van der Waals surface area contributed by atoms with Gasteiger partial charge >= 0.3 is 12.4 Å². The molecule has 14 heteroatoms. The number of rotatable bonds is 6. The molecule has 7 nitrogen and oxygen atoms in total. The number of halogens is 6. The fourth-order valence-electron chi connectivity index (χ4n) is 6.09. The van der Waals surface area contributed by atoms with Crippen LogP contribution in [-0.4, -0.2) is 51.3 Å². The summed E-state index contributed by atoms with van der Waals surface area (Å²) >= 11 is 0.404. The number of likely N-dealkylation sites (tertiary alicyclic amines) is 1. The molecule has 1 aromatic carbocycles. The van der Waals surface area contributed by atoms with Crippen LogP contribution in [0.25, 0.3) is 0 Å². The van der Waals surface area contributed by atoms with E-state index in [0.717, 1.165) is 40.9 Å². The topological polar surface area (TPSA) is 88.8 Å². The number of carbonyl (C=O) groups is 2. The Kier molecular flexibility index (Phi) is 8.58. The number of anilines is 1. The van der Waals surface area contributed by atoms with Crippen LogP contribution in [0.5, 0.6) is 5.75 Å². The average molecular weight is 641 g/mol. The molecule has 236 valence electrons. The van der Waals surface area contributed by atoms with E-state index in [-0.39, 0.29) is 44.6 Å². The lowest BCUT2D eigenvalue weighted by molar-refractivity contribution is -0.160. The lowest BCUT2D eigenvalue weighted by Gasteiger charge is -2.50. The lowest BCUT2D eigenvalue weighted by Crippen LogP contribution is -2.68. The molecule has 2 aromatic heterocycles. The summed E-state index contributed by atoms with van der Waals surface area (Å²) in [6, 6.07) is 6.87. The third-order valence-corrected chi connectivity index (χ3v) is 9.00. The second-order valence-corrected chi connectivity index (χ2v) is 11.9. The summed E-state index contributed by atoms with van der Waals surface area (Å²) in [5.74, 6) is -1.78. The zero-order valence-corrected chi connectivity index (χ0v) is 24.5. The minimum absolute atomic E-state index is 0.00924. The first-order chi connectivity index (χ1) is 20.7. The lowest BCUT2D eigenvalue weighted by atomic mass is 9.79. The molecule has 5 rings (SSSR count). The molecule has 0 radical (unpaired) electrons. The van der Waals surface area contributed by atoms with Gasteiger partial charge in [0.1, 0.15) is 16.3 Å². The molecule has 2 N–H and O–H groups in total. The van der Waals surface area contributed by atoms with E-state index < -0.39 is 51.9 Å². The number of piperidine rings is 1. The smallest absolute Gasteiger partial charge is 0.425 e. The largest absolute Gasteiger partial charge is 0.474 e. The van der Waals surface area contributed by atoms with Gasteiger partial charge in [-0.05, 0) is 54.7 Å². The van der Waals surface area contributed by atoms with Crippen LogP contribution in [0.2, 0.25) is 0 Å². The zero-order valence-electron chi connectivity index (χ0n) is 23.7. The van der Waals surface area contributed by atoms with Crippen LogP contribution in [0.15, 0.2) is 48.0 Å². The summed E-state index contributed by atoms with van der Waals surface area (Å²) in [7, 11) is 0. The highest BCUT2D eigenvalue weighted by atomic mass is 32.1. The number of nitrogens with two attached hydrogens (primary N) is 1. The van der Waals surface area contributed by atoms with E-state index >= 15 is 0 Å². The number of hydrogen-bond acceptors (Lipinski definition) is 6. The highest BCUT2D eigenvalue weighted by molar-refractivity contribution is 7.10. The fourth-order valence-corrected chi connectivity index (χ4v) is 6.77. The second kappa shape index (κ2) is 11.9. The van der Waals surface area contributed by atoms with Crippen molar-refractivity contribution in [3.05, 3.63) is 75.2 Å². The van der Waals surface area contributed by atoms with Crippen LogP contribution in [0.4, 0.5) is 32.0 Å². The predicted octanol–water partition coefficient (Wildman–Crippen LogP) is 6.57. The van der Waals surface area contributed by atoms with Crippen molar-refractivity contribution in [2.24, 2.45) is 0 Å². The summed E-state index contributed by atoms with van der Waals surface area (Å²) < 4.78 is 88.4. The Labute approximate surface area is 253 Å². The molecule has 0 spiro atoms. The molecule has 0 saturated carbocycles. The molecule has 1 fully saturated rings. The third-order valence-electron chi connectivity index (χ3n) is 8.05. The number of nitrogen functional groups attached to an aromatic ring is 1. The maximum Gasteiger partial charge on any atom is 0.425 e. The van der Waals surface area contributed by atoms with Gasteiger partial charge in [0.05, 0.1) is 11.6 Å². The quantitative estimate of drug-likeness (QED) is 0.243. The Bertz CT molecular complexity index is 1540. The van der Waals surface area contributed by atoms with Crippen molar-refractivity contribution in [1.29, 1.82) is 0 Å². The van der Waals surface area contributed by atoms with E-state index in [1.807, 2.05) is 6.07 Å². The first-order valence-electron chi connectivity index (χ1n) is 14.1. The van der Waals surface area contributed by atoms with Crippen molar-refractivity contribution in [2.75, 3.05) is 18.8 Å². The number of alkyl halides is 6. The number of ether oxygens (including phenoxy) is 1. The summed E-state index contributed by atoms with van der Waals surface area (Å²) in [5.41, 5.74) is 4.38. The summed E-state index contributed by atoms with van der Waals surface area (Å²) in [4.78, 5) is 34.0. The van der Waals surface area contributed by atoms with Gasteiger partial charge < -0.3 is 20.3 Å². The normalized spacial score (nSPS) is 20.8. The molecule has 0 aliphatic carbocycles. The van der Waals surface area contributed by atoms with E-state index in [1.165, 1.54) is 9.80 Å². The van der Waals surface area contributed by atoms with Gasteiger partial charge in [0.15, 0.2) is 0 Å². The van der Waals surface area contributed by atoms with Gasteiger partial charge in [-0.1, -0.05) is 19.4 Å². The van der Waals surface area contributed by atoms with Crippen LogP contribution in [-0.2, 0) is 30.1 Å². The van der Waals surface area contributed by atoms with Crippen LogP contribution < -0.4 is 10.5 Å². The fraction of sp³-hybridized carbons (Fsp3) is 0.433. The van der Waals surface area contributed by atoms with Crippen molar-refractivity contribution in [1.82, 2.24) is 14.8 Å². The zero-order chi connectivity index (χ0) is 31.9. The Hall–Kier alpha value is -3.81. The maximum absolute atomic E-state index is 14.6. The van der Waals surface area contributed by atoms with Gasteiger partial charge in [-0.25, -0.2) is 0 Å². The van der Waals surface area contributed by atoms with E-state index in [2.05, 4.69) is 4.98 Å². The Morgan fingerprint density at radius 1 is 1.09 bits per heavy atom. The van der Waals surface area contributed by atoms with Crippen molar-refractivity contribution in [3.8, 4) is 5.75 Å². The number of aromatic nitrogens is 1. The Morgan fingerprint density at radius 2 is 1.86 bits per heavy atom. The second-order valence-electron chi connectivity index (χ2n) is 10.9. The number of thiophene rings is 1. The van der Waals surface area contributed by atoms with E-state index in [1.54, 1.807) is 19.1 Å². The third kappa shape index (κ3) is 6.08. The van der Waals surface area contributed by atoms with Crippen LogP contribution in [0, 0.1) is 0 Å². The monoisotopic (exact) mass is 640 g/mol. The molecular weight excluding hydrogens is 610 g/mol. The predicted molar refractivity (Wildman–Crippen MR) is 151 cm³/mol. The van der Waals surface area contributed by atoms with E-state index in [0.29, 0.717) is 29.9 Å². The Balaban J connectivity index is 1.58. The molecular formula is C30H30F6N4O3S. The van der Waals surface area contributed by atoms with Gasteiger partial charge in [-0.15, -0.1) is 11.3 Å². The van der Waals surface area contributed by atoms with Crippen LogP contribution in [0.1, 0.15) is 64.7 Å². The highest BCUT2D eigenvalue weighted by Crippen LogP contribution is 2.43. The molecule has 2 aliphatic heterocycles. The number of pyridine rings is 1. The van der Waals surface area contributed by atoms with Gasteiger partial charge in [-0.3, -0.25) is 14.6 Å². The molecule has 2 amide bonds. The minimum Gasteiger partial charge on any atom is -0.474 e. The molecule has 3 aromatic rings. The van der Waals surface area contributed by atoms with Gasteiger partial charge in [0.2, 0.25) is 5.60 Å². The number of nitrogens with zero attached hydrogens (tertiary/aromatic N) is 3. The summed E-state index contributed by atoms with van der Waals surface area (Å²) in [6.07, 6.45) is -7.23. The standard InChI is InChI=1S/C30H30F6N4O3S/c1-2-5-23-28(43-21-15-24(44-17-21)30(34,35)36,27(42)39-13-9-18-14-20(37)8-7-19(18)16-39)10-4-12-40(23)26(41)25-22(29(31,32)33)6-3-11-38-25/h3,6-8,11,14-15,17,23H,2,4-5,9-10,12-13,16,37H2,1H3/t23-,28+/m1/s1. The molecule has 0 unspecified atom stereocenters. The SMILES string of the molecule is CCC[C@H]1N(C(=O)c2ncccc2C(F)(F)F)CCC[C@@]1(Oc1csc(C(F)(F)F)c1)C(=O)N1CCc2cc(N)ccc2C1. The first-order valence-corrected chi connectivity index (χ1v) is 15.0. The van der Waals surface area contributed by atoms with E-state index in [4.69, 9.17) is 10.5 Å². The van der Waals surface area contributed by atoms with Gasteiger partial charge in [0.25, 0.3) is 11.8 Å². The molecule has 0 bridgehead atoms. The highest BCUT2D eigenvalue weighted by Gasteiger charge is 2.56. The number of benzene rings is 1. The van der Waals surface area contributed by atoms with Crippen molar-refractivity contribution < 1.29 is 40.7 Å². The molecule has 44 heavy (non-hydrogen) atoms. The number of fused-ring (bicyclic) bond motifs is 1. The summed E-state index contributed by atoms with van der Waals surface area (Å²) in [5, 5.41) is 1.15. The van der Waals surface area contributed by atoms with Crippen molar-refractivity contribution in [3.63, 3.8) is 0 Å². The van der Waals surface area contributed by atoms with Crippen molar-refractivity contribution in [2.45, 2.75) is 69.6 Å². The Morgan fingerprint density at radius 3 is 2.55 bits per heavy atom. The van der Waals surface area contributed by atoms with Crippen LogP contribution in [0.3, 0.4) is 0 Å². The minimum atomic E-state index is -4.87. The average Bonchev–Trinajstić information content (AvgIpc) is 3.46.